The summed E-state index contributed by atoms with van der Waals surface area (Å²) in [7, 11) is 0. The molecular weight excluding hydrogens is 323 g/mol. The van der Waals surface area contributed by atoms with Gasteiger partial charge in [0.2, 0.25) is 0 Å². The summed E-state index contributed by atoms with van der Waals surface area (Å²) >= 11 is 0. The van der Waals surface area contributed by atoms with Crippen molar-refractivity contribution in [2.75, 3.05) is 26.2 Å². The van der Waals surface area contributed by atoms with Crippen LogP contribution in [0.3, 0.4) is 0 Å². The van der Waals surface area contributed by atoms with E-state index in [1.165, 1.54) is 18.2 Å². The van der Waals surface area contributed by atoms with Gasteiger partial charge in [0.25, 0.3) is 6.43 Å². The lowest BCUT2D eigenvalue weighted by Gasteiger charge is -2.34. The molecular formula is C13H17Cl2F2N3O. The lowest BCUT2D eigenvalue weighted by molar-refractivity contribution is 0.0170. The zero-order valence-electron chi connectivity index (χ0n) is 11.1. The molecule has 2 N–H and O–H groups in total. The molecule has 0 aliphatic carbocycles. The highest BCUT2D eigenvalue weighted by Gasteiger charge is 2.32. The fourth-order valence-electron chi connectivity index (χ4n) is 2.31. The van der Waals surface area contributed by atoms with E-state index in [4.69, 9.17) is 5.26 Å². The van der Waals surface area contributed by atoms with E-state index >= 15 is 0 Å². The van der Waals surface area contributed by atoms with E-state index in [-0.39, 0.29) is 41.7 Å². The Labute approximate surface area is 134 Å². The van der Waals surface area contributed by atoms with Crippen LogP contribution in [0, 0.1) is 11.3 Å². The first-order valence-corrected chi connectivity index (χ1v) is 6.09. The van der Waals surface area contributed by atoms with E-state index in [9.17, 15) is 13.9 Å². The van der Waals surface area contributed by atoms with Gasteiger partial charge in [-0.25, -0.2) is 8.78 Å². The molecule has 8 heteroatoms. The molecule has 0 radical (unpaired) electrons. The molecule has 1 heterocycles. The van der Waals surface area contributed by atoms with Crippen LogP contribution in [-0.4, -0.2) is 42.6 Å². The number of aromatic hydroxyl groups is 1. The smallest absolute Gasteiger partial charge is 0.258 e. The van der Waals surface area contributed by atoms with Crippen LogP contribution >= 0.6 is 24.8 Å². The van der Waals surface area contributed by atoms with Crippen LogP contribution in [0.5, 0.6) is 5.75 Å². The number of benzene rings is 1. The fraction of sp³-hybridized carbons (Fsp3) is 0.462. The Morgan fingerprint density at radius 2 is 1.86 bits per heavy atom. The van der Waals surface area contributed by atoms with Gasteiger partial charge >= 0.3 is 0 Å². The summed E-state index contributed by atoms with van der Waals surface area (Å²) < 4.78 is 26.7. The minimum Gasteiger partial charge on any atom is -0.508 e. The zero-order valence-corrected chi connectivity index (χ0v) is 12.8. The van der Waals surface area contributed by atoms with Gasteiger partial charge in [-0.3, -0.25) is 4.90 Å². The molecule has 2 rings (SSSR count). The molecule has 0 saturated carbocycles. The number of nitriles is 1. The lowest BCUT2D eigenvalue weighted by atomic mass is 10.0. The predicted octanol–water partition coefficient (Wildman–Crippen LogP) is 2.32. The Hall–Kier alpha value is -1.13. The Morgan fingerprint density at radius 3 is 2.38 bits per heavy atom. The minimum atomic E-state index is -2.61. The van der Waals surface area contributed by atoms with Crippen LogP contribution < -0.4 is 5.32 Å². The Balaban J connectivity index is 0.00000200. The average Bonchev–Trinajstić information content (AvgIpc) is 2.42. The largest absolute Gasteiger partial charge is 0.508 e. The summed E-state index contributed by atoms with van der Waals surface area (Å²) in [5, 5.41) is 21.7. The second-order valence-electron chi connectivity index (χ2n) is 4.45. The van der Waals surface area contributed by atoms with Gasteiger partial charge in [-0.2, -0.15) is 5.26 Å². The predicted molar refractivity (Wildman–Crippen MR) is 80.5 cm³/mol. The monoisotopic (exact) mass is 339 g/mol. The number of nitrogens with zero attached hydrogens (tertiary/aromatic N) is 2. The quantitative estimate of drug-likeness (QED) is 0.887. The van der Waals surface area contributed by atoms with E-state index in [1.54, 1.807) is 4.90 Å². The molecule has 4 nitrogen and oxygen atoms in total. The number of rotatable bonds is 3. The summed E-state index contributed by atoms with van der Waals surface area (Å²) in [6, 6.07) is 4.79. The van der Waals surface area contributed by atoms with Gasteiger partial charge in [-0.05, 0) is 18.2 Å². The van der Waals surface area contributed by atoms with Crippen molar-refractivity contribution in [3.05, 3.63) is 29.3 Å². The van der Waals surface area contributed by atoms with Crippen molar-refractivity contribution in [1.82, 2.24) is 10.2 Å². The average molecular weight is 340 g/mol. The van der Waals surface area contributed by atoms with Crippen molar-refractivity contribution in [3.8, 4) is 11.8 Å². The molecule has 1 aromatic carbocycles. The first kappa shape index (κ1) is 19.9. The summed E-state index contributed by atoms with van der Waals surface area (Å²) in [6.45, 7) is 2.26. The third-order valence-electron chi connectivity index (χ3n) is 3.26. The highest BCUT2D eigenvalue weighted by molar-refractivity contribution is 5.85. The summed E-state index contributed by atoms with van der Waals surface area (Å²) in [5.41, 5.74) is 0.393. The summed E-state index contributed by atoms with van der Waals surface area (Å²) in [5.74, 6) is -0.192. The Kier molecular flexibility index (Phi) is 8.52. The highest BCUT2D eigenvalue weighted by Crippen LogP contribution is 2.34. The second-order valence-corrected chi connectivity index (χ2v) is 4.45. The summed E-state index contributed by atoms with van der Waals surface area (Å²) in [4.78, 5) is 1.64. The van der Waals surface area contributed by atoms with Gasteiger partial charge in [0.1, 0.15) is 11.8 Å². The van der Waals surface area contributed by atoms with Gasteiger partial charge in [-0.15, -0.1) is 24.8 Å². The van der Waals surface area contributed by atoms with E-state index in [1.807, 2.05) is 6.07 Å². The van der Waals surface area contributed by atoms with Gasteiger partial charge in [0.05, 0.1) is 11.6 Å². The van der Waals surface area contributed by atoms with Crippen molar-refractivity contribution in [1.29, 1.82) is 5.26 Å². The van der Waals surface area contributed by atoms with Crippen molar-refractivity contribution < 1.29 is 13.9 Å². The second kappa shape index (κ2) is 9.00. The van der Waals surface area contributed by atoms with Crippen LogP contribution in [0.2, 0.25) is 0 Å². The van der Waals surface area contributed by atoms with Crippen LogP contribution in [0.25, 0.3) is 0 Å². The van der Waals surface area contributed by atoms with Crippen LogP contribution in [0.4, 0.5) is 8.78 Å². The molecule has 1 aliphatic heterocycles. The van der Waals surface area contributed by atoms with Gasteiger partial charge in [-0.1, -0.05) is 0 Å². The Morgan fingerprint density at radius 1 is 1.24 bits per heavy atom. The van der Waals surface area contributed by atoms with Gasteiger partial charge in [0, 0.05) is 31.7 Å². The molecule has 1 aromatic rings. The van der Waals surface area contributed by atoms with Crippen molar-refractivity contribution in [2.24, 2.45) is 0 Å². The molecule has 0 spiro atoms. The topological polar surface area (TPSA) is 59.3 Å². The fourth-order valence-corrected chi connectivity index (χ4v) is 2.31. The number of phenolic OH excluding ortho intramolecular Hbond substituents is 1. The normalized spacial score (nSPS) is 16.5. The standard InChI is InChI=1S/C13H15F2N3O.2ClH/c14-13(15)12(18-5-3-17-4-6-18)10-7-9(8-16)1-2-11(10)19;;/h1-2,7,12-13,17,19H,3-6H2;2*1H/t12-;;/m1../s1. The molecule has 1 fully saturated rings. The van der Waals surface area contributed by atoms with Crippen LogP contribution in [0.15, 0.2) is 18.2 Å². The summed E-state index contributed by atoms with van der Waals surface area (Å²) in [6.07, 6.45) is -2.61. The number of phenols is 1. The maximum absolute atomic E-state index is 13.3. The van der Waals surface area contributed by atoms with E-state index in [0.29, 0.717) is 26.2 Å². The number of alkyl halides is 2. The highest BCUT2D eigenvalue weighted by atomic mass is 35.5. The van der Waals surface area contributed by atoms with Gasteiger partial charge < -0.3 is 10.4 Å². The van der Waals surface area contributed by atoms with E-state index in [0.717, 1.165) is 0 Å². The van der Waals surface area contributed by atoms with Crippen LogP contribution in [-0.2, 0) is 0 Å². The minimum absolute atomic E-state index is 0. The molecule has 1 atom stereocenters. The number of nitrogens with one attached hydrogen (secondary N) is 1. The molecule has 0 aromatic heterocycles. The molecule has 21 heavy (non-hydrogen) atoms. The molecule has 118 valence electrons. The maximum atomic E-state index is 13.3. The SMILES string of the molecule is Cl.Cl.N#Cc1ccc(O)c([C@H](C(F)F)N2CCNCC2)c1. The lowest BCUT2D eigenvalue weighted by Crippen LogP contribution is -2.46. The number of hydrogen-bond donors (Lipinski definition) is 2. The van der Waals surface area contributed by atoms with Crippen molar-refractivity contribution in [3.63, 3.8) is 0 Å². The zero-order chi connectivity index (χ0) is 13.8. The van der Waals surface area contributed by atoms with E-state index < -0.39 is 12.5 Å². The van der Waals surface area contributed by atoms with Crippen molar-refractivity contribution in [2.45, 2.75) is 12.5 Å². The van der Waals surface area contributed by atoms with Gasteiger partial charge in [0.15, 0.2) is 0 Å². The maximum Gasteiger partial charge on any atom is 0.258 e. The Bertz CT molecular complexity index is 491. The third kappa shape index (κ3) is 4.68. The first-order valence-electron chi connectivity index (χ1n) is 6.09. The number of hydrogen-bond acceptors (Lipinski definition) is 4. The van der Waals surface area contributed by atoms with E-state index in [2.05, 4.69) is 5.32 Å². The molecule has 0 amide bonds. The van der Waals surface area contributed by atoms with Crippen LogP contribution in [0.1, 0.15) is 17.2 Å². The van der Waals surface area contributed by atoms with Crippen molar-refractivity contribution >= 4 is 24.8 Å². The number of piperazine rings is 1. The third-order valence-corrected chi connectivity index (χ3v) is 3.26. The first-order chi connectivity index (χ1) is 9.13. The molecule has 1 aliphatic rings. The molecule has 0 unspecified atom stereocenters. The number of halogens is 4. The molecule has 1 saturated heterocycles. The molecule has 0 bridgehead atoms.